The highest BCUT2D eigenvalue weighted by molar-refractivity contribution is 5.73. The molecule has 0 saturated heterocycles. The smallest absolute Gasteiger partial charge is 0.137 e. The van der Waals surface area contributed by atoms with Crippen LogP contribution in [0.25, 0.3) is 28.0 Å². The largest absolute Gasteiger partial charge is 0.508 e. The first-order chi connectivity index (χ1) is 20.2. The van der Waals surface area contributed by atoms with Crippen LogP contribution in [-0.4, -0.2) is 33.5 Å². The van der Waals surface area contributed by atoms with Gasteiger partial charge in [0.25, 0.3) is 0 Å². The van der Waals surface area contributed by atoms with Gasteiger partial charge in [0, 0.05) is 23.5 Å². The van der Waals surface area contributed by atoms with Crippen molar-refractivity contribution in [1.82, 2.24) is 4.98 Å². The molecule has 3 aromatic carbocycles. The molecule has 5 aromatic rings. The molecule has 216 valence electrons. The molecule has 0 aliphatic carbocycles. The molecule has 0 atom stereocenters. The maximum Gasteiger partial charge on any atom is 0.137 e. The lowest BCUT2D eigenvalue weighted by Gasteiger charge is -2.16. The number of phenolic OH excluding ortho intramolecular Hbond substituents is 3. The highest BCUT2D eigenvalue weighted by atomic mass is 16.5. The number of aromatic nitrogens is 1. The number of hydrogen-bond donors (Lipinski definition) is 3. The molecule has 0 unspecified atom stereocenters. The van der Waals surface area contributed by atoms with Gasteiger partial charge in [-0.2, -0.15) is 0 Å². The fourth-order valence-electron chi connectivity index (χ4n) is 4.78. The second kappa shape index (κ2) is 14.2. The summed E-state index contributed by atoms with van der Waals surface area (Å²) >= 11 is 0. The first-order valence-electron chi connectivity index (χ1n) is 13.8. The van der Waals surface area contributed by atoms with E-state index in [1.807, 2.05) is 81.4 Å². The topological polar surface area (TPSA) is 96.0 Å². The van der Waals surface area contributed by atoms with Crippen LogP contribution in [0.2, 0.25) is 0 Å². The van der Waals surface area contributed by atoms with Gasteiger partial charge >= 0.3 is 0 Å². The Hall–Kier alpha value is -4.81. The zero-order valence-corrected chi connectivity index (χ0v) is 24.5. The van der Waals surface area contributed by atoms with Crippen molar-refractivity contribution in [2.24, 2.45) is 0 Å². The minimum atomic E-state index is 0.279. The van der Waals surface area contributed by atoms with E-state index < -0.39 is 0 Å². The second-order valence-electron chi connectivity index (χ2n) is 10.3. The quantitative estimate of drug-likeness (QED) is 0.204. The van der Waals surface area contributed by atoms with Gasteiger partial charge in [-0.25, -0.2) is 0 Å². The summed E-state index contributed by atoms with van der Waals surface area (Å²) in [4.78, 5) is 4.01. The van der Waals surface area contributed by atoms with Gasteiger partial charge in [-0.3, -0.25) is 4.98 Å². The minimum absolute atomic E-state index is 0.279. The minimum Gasteiger partial charge on any atom is -0.508 e. The van der Waals surface area contributed by atoms with Crippen molar-refractivity contribution in [3.8, 4) is 39.7 Å². The molecular weight excluding hydrogens is 526 g/mol. The molecular formula is C36H37NO5. The Morgan fingerprint density at radius 1 is 0.714 bits per heavy atom. The van der Waals surface area contributed by atoms with E-state index in [1.54, 1.807) is 30.8 Å². The van der Waals surface area contributed by atoms with Crippen molar-refractivity contribution in [2.45, 2.75) is 34.1 Å². The summed E-state index contributed by atoms with van der Waals surface area (Å²) in [5, 5.41) is 29.1. The normalized spacial score (nSPS) is 12.3. The average Bonchev–Trinajstić information content (AvgIpc) is 3.53. The number of hydrogen-bond acceptors (Lipinski definition) is 6. The Morgan fingerprint density at radius 2 is 1.40 bits per heavy atom. The Labute approximate surface area is 247 Å². The fourth-order valence-corrected chi connectivity index (χ4v) is 4.78. The third kappa shape index (κ3) is 7.89. The van der Waals surface area contributed by atoms with Crippen LogP contribution < -0.4 is 0 Å². The van der Waals surface area contributed by atoms with Gasteiger partial charge in [0.1, 0.15) is 23.0 Å². The van der Waals surface area contributed by atoms with E-state index in [9.17, 15) is 15.3 Å². The van der Waals surface area contributed by atoms with Gasteiger partial charge in [0.05, 0.1) is 25.0 Å². The van der Waals surface area contributed by atoms with Gasteiger partial charge in [-0.05, 0) is 110 Å². The molecule has 0 fully saturated rings. The number of benzene rings is 3. The third-order valence-corrected chi connectivity index (χ3v) is 6.83. The molecule has 0 radical (unpaired) electrons. The predicted octanol–water partition coefficient (Wildman–Crippen LogP) is 8.54. The van der Waals surface area contributed by atoms with E-state index in [0.717, 1.165) is 52.0 Å². The Bertz CT molecular complexity index is 1640. The van der Waals surface area contributed by atoms with Crippen molar-refractivity contribution in [2.75, 3.05) is 13.2 Å². The van der Waals surface area contributed by atoms with Crippen molar-refractivity contribution < 1.29 is 24.5 Å². The molecule has 6 rings (SSSR count). The van der Waals surface area contributed by atoms with Crippen molar-refractivity contribution >= 4 is 5.57 Å². The van der Waals surface area contributed by atoms with Crippen LogP contribution in [0.4, 0.5) is 0 Å². The molecule has 6 heteroatoms. The lowest BCUT2D eigenvalue weighted by atomic mass is 9.96. The molecule has 1 aliphatic rings. The van der Waals surface area contributed by atoms with Gasteiger partial charge in [-0.15, -0.1) is 0 Å². The number of nitrogens with zero attached hydrogens (tertiary/aromatic N) is 1. The lowest BCUT2D eigenvalue weighted by molar-refractivity contribution is 0.161. The van der Waals surface area contributed by atoms with E-state index in [0.29, 0.717) is 23.9 Å². The van der Waals surface area contributed by atoms with Gasteiger partial charge in [0.2, 0.25) is 0 Å². The third-order valence-electron chi connectivity index (χ3n) is 6.83. The number of aromatic hydroxyl groups is 3. The number of phenols is 3. The van der Waals surface area contributed by atoms with Crippen LogP contribution in [0.15, 0.2) is 102 Å². The van der Waals surface area contributed by atoms with Gasteiger partial charge in [0.15, 0.2) is 0 Å². The number of rotatable bonds is 3. The molecule has 42 heavy (non-hydrogen) atoms. The van der Waals surface area contributed by atoms with E-state index in [-0.39, 0.29) is 5.75 Å². The summed E-state index contributed by atoms with van der Waals surface area (Å²) in [6, 6.07) is 22.5. The molecule has 1 aliphatic heterocycles. The summed E-state index contributed by atoms with van der Waals surface area (Å²) in [5.41, 5.74) is 9.04. The summed E-state index contributed by atoms with van der Waals surface area (Å²) in [5.74, 6) is 1.69. The number of ether oxygens (including phenoxy) is 1. The number of aryl methyl sites for hydroxylation is 4. The maximum atomic E-state index is 9.99. The highest BCUT2D eigenvalue weighted by Gasteiger charge is 2.13. The summed E-state index contributed by atoms with van der Waals surface area (Å²) in [6.07, 6.45) is 8.04. The average molecular weight is 564 g/mol. The predicted molar refractivity (Wildman–Crippen MR) is 168 cm³/mol. The van der Waals surface area contributed by atoms with Crippen LogP contribution in [0.3, 0.4) is 0 Å². The number of furan rings is 1. The van der Waals surface area contributed by atoms with E-state index in [2.05, 4.69) is 18.0 Å². The molecule has 0 saturated carbocycles. The van der Waals surface area contributed by atoms with E-state index in [1.165, 1.54) is 11.1 Å². The molecule has 0 bridgehead atoms. The van der Waals surface area contributed by atoms with Gasteiger partial charge in [-0.1, -0.05) is 36.4 Å². The molecule has 2 aromatic heterocycles. The Balaban J connectivity index is 0.000000145. The zero-order valence-electron chi connectivity index (χ0n) is 24.5. The van der Waals surface area contributed by atoms with Crippen LogP contribution in [-0.2, 0) is 4.74 Å². The Kier molecular flexibility index (Phi) is 10.2. The molecule has 3 N–H and O–H groups in total. The second-order valence-corrected chi connectivity index (χ2v) is 10.3. The number of pyridine rings is 1. The molecule has 0 spiro atoms. The summed E-state index contributed by atoms with van der Waals surface area (Å²) in [7, 11) is 0. The van der Waals surface area contributed by atoms with Crippen LogP contribution in [0.1, 0.15) is 34.2 Å². The molecule has 3 heterocycles. The molecule has 0 amide bonds. The van der Waals surface area contributed by atoms with Crippen molar-refractivity contribution in [1.29, 1.82) is 0 Å². The Morgan fingerprint density at radius 3 is 2.00 bits per heavy atom. The summed E-state index contributed by atoms with van der Waals surface area (Å²) < 4.78 is 10.5. The van der Waals surface area contributed by atoms with E-state index >= 15 is 0 Å². The SMILES string of the molecule is Cc1cc(C)c(O)c(-c2ccco2)c1.Cc1cc(C)c(O)c(C2=CCOCC2)c1.Oc1cccc(-c2cccnc2)c1. The van der Waals surface area contributed by atoms with Crippen LogP contribution in [0, 0.1) is 27.7 Å². The van der Waals surface area contributed by atoms with E-state index in [4.69, 9.17) is 9.15 Å². The monoisotopic (exact) mass is 563 g/mol. The van der Waals surface area contributed by atoms with Crippen molar-refractivity contribution in [3.05, 3.63) is 125 Å². The van der Waals surface area contributed by atoms with Gasteiger partial charge < -0.3 is 24.5 Å². The lowest BCUT2D eigenvalue weighted by Crippen LogP contribution is -2.04. The maximum absolute atomic E-state index is 9.99. The standard InChI is InChI=1S/C13H16O2.C12H12O2.C11H9NO/c1-9-7-10(2)13(14)12(8-9)11-3-5-15-6-4-11;1-8-6-9(2)12(13)10(7-8)11-4-3-5-14-11;13-11-5-1-3-9(7-11)10-4-2-6-12-8-10/h3,7-8,14H,4-6H2,1-2H3;3-7,13H,1-2H3;1-8,13H. The van der Waals surface area contributed by atoms with Crippen molar-refractivity contribution in [3.63, 3.8) is 0 Å². The highest BCUT2D eigenvalue weighted by Crippen LogP contribution is 2.34. The van der Waals surface area contributed by atoms with Crippen LogP contribution >= 0.6 is 0 Å². The summed E-state index contributed by atoms with van der Waals surface area (Å²) in [6.45, 7) is 9.27. The fraction of sp³-hybridized carbons (Fsp3) is 0.194. The molecule has 6 nitrogen and oxygen atoms in total. The van der Waals surface area contributed by atoms with Crippen LogP contribution in [0.5, 0.6) is 17.2 Å². The zero-order chi connectivity index (χ0) is 30.1. The first kappa shape index (κ1) is 30.2. The first-order valence-corrected chi connectivity index (χ1v) is 13.8.